The van der Waals surface area contributed by atoms with E-state index in [-0.39, 0.29) is 0 Å². The number of aromatic nitrogens is 2. The lowest BCUT2D eigenvalue weighted by Gasteiger charge is -2.20. The van der Waals surface area contributed by atoms with Gasteiger partial charge in [-0.2, -0.15) is 0 Å². The van der Waals surface area contributed by atoms with Crippen LogP contribution < -0.4 is 0 Å². The molecule has 19 heavy (non-hydrogen) atoms. The first-order chi connectivity index (χ1) is 9.31. The number of aldehydes is 1. The molecular weight excluding hydrogens is 236 g/mol. The van der Waals surface area contributed by atoms with Crippen molar-refractivity contribution in [2.75, 3.05) is 0 Å². The Bertz CT molecular complexity index is 574. The lowest BCUT2D eigenvalue weighted by molar-refractivity contribution is -0.107. The SMILES string of the molecule is CC1Cc2ncc(CCC=O)n2C1c1ccccc1. The van der Waals surface area contributed by atoms with Gasteiger partial charge in [-0.3, -0.25) is 0 Å². The van der Waals surface area contributed by atoms with Gasteiger partial charge >= 0.3 is 0 Å². The molecule has 1 aromatic heterocycles. The van der Waals surface area contributed by atoms with Crippen LogP contribution in [0.2, 0.25) is 0 Å². The van der Waals surface area contributed by atoms with Gasteiger partial charge in [-0.05, 0) is 17.9 Å². The van der Waals surface area contributed by atoms with E-state index in [0.29, 0.717) is 18.4 Å². The summed E-state index contributed by atoms with van der Waals surface area (Å²) in [5, 5.41) is 0. The molecule has 1 aromatic carbocycles. The third-order valence-corrected chi connectivity index (χ3v) is 3.93. The van der Waals surface area contributed by atoms with Gasteiger partial charge in [0.25, 0.3) is 0 Å². The van der Waals surface area contributed by atoms with Crippen LogP contribution in [0, 0.1) is 5.92 Å². The summed E-state index contributed by atoms with van der Waals surface area (Å²) in [5.41, 5.74) is 2.51. The van der Waals surface area contributed by atoms with E-state index in [0.717, 1.165) is 25.0 Å². The fourth-order valence-electron chi connectivity index (χ4n) is 3.10. The molecule has 3 rings (SSSR count). The quantitative estimate of drug-likeness (QED) is 0.786. The molecule has 0 radical (unpaired) electrons. The van der Waals surface area contributed by atoms with Crippen LogP contribution in [0.4, 0.5) is 0 Å². The standard InChI is InChI=1S/C16H18N2O/c1-12-10-15-17-11-14(8-5-9-19)18(15)16(12)13-6-3-2-4-7-13/h2-4,6-7,9,11-12,16H,5,8,10H2,1H3. The molecule has 0 N–H and O–H groups in total. The predicted molar refractivity (Wildman–Crippen MR) is 74.1 cm³/mol. The van der Waals surface area contributed by atoms with Gasteiger partial charge in [0, 0.05) is 24.7 Å². The summed E-state index contributed by atoms with van der Waals surface area (Å²) in [5.74, 6) is 1.71. The summed E-state index contributed by atoms with van der Waals surface area (Å²) in [4.78, 5) is 15.1. The van der Waals surface area contributed by atoms with Gasteiger partial charge in [0.1, 0.15) is 12.1 Å². The molecule has 3 heteroatoms. The molecule has 1 aliphatic rings. The fraction of sp³-hybridized carbons (Fsp3) is 0.375. The van der Waals surface area contributed by atoms with Gasteiger partial charge in [-0.25, -0.2) is 4.98 Å². The topological polar surface area (TPSA) is 34.9 Å². The summed E-state index contributed by atoms with van der Waals surface area (Å²) >= 11 is 0. The number of carbonyl (C=O) groups is 1. The van der Waals surface area contributed by atoms with Crippen molar-refractivity contribution in [2.45, 2.75) is 32.2 Å². The number of nitrogens with zero attached hydrogens (tertiary/aromatic N) is 2. The second-order valence-corrected chi connectivity index (χ2v) is 5.28. The van der Waals surface area contributed by atoms with Crippen molar-refractivity contribution in [3.8, 4) is 0 Å². The number of aryl methyl sites for hydroxylation is 1. The largest absolute Gasteiger partial charge is 0.324 e. The summed E-state index contributed by atoms with van der Waals surface area (Å²) in [6.45, 7) is 2.27. The highest BCUT2D eigenvalue weighted by molar-refractivity contribution is 5.49. The normalized spacial score (nSPS) is 21.3. The Hall–Kier alpha value is -1.90. The van der Waals surface area contributed by atoms with Crippen molar-refractivity contribution < 1.29 is 4.79 Å². The summed E-state index contributed by atoms with van der Waals surface area (Å²) in [6.07, 6.45) is 5.28. The Morgan fingerprint density at radius 1 is 1.37 bits per heavy atom. The van der Waals surface area contributed by atoms with Gasteiger partial charge in [-0.15, -0.1) is 0 Å². The third-order valence-electron chi connectivity index (χ3n) is 3.93. The first kappa shape index (κ1) is 12.2. The van der Waals surface area contributed by atoms with Crippen LogP contribution in [-0.4, -0.2) is 15.8 Å². The molecule has 98 valence electrons. The number of hydrogen-bond acceptors (Lipinski definition) is 2. The van der Waals surface area contributed by atoms with Crippen LogP contribution in [0.5, 0.6) is 0 Å². The molecule has 0 bridgehead atoms. The maximum absolute atomic E-state index is 10.6. The minimum Gasteiger partial charge on any atom is -0.324 e. The van der Waals surface area contributed by atoms with Gasteiger partial charge < -0.3 is 9.36 Å². The number of fused-ring (bicyclic) bond motifs is 1. The maximum Gasteiger partial charge on any atom is 0.120 e. The molecular formula is C16H18N2O. The van der Waals surface area contributed by atoms with Crippen LogP contribution in [0.15, 0.2) is 36.5 Å². The Morgan fingerprint density at radius 2 is 2.16 bits per heavy atom. The van der Waals surface area contributed by atoms with Gasteiger partial charge in [-0.1, -0.05) is 37.3 Å². The Kier molecular flexibility index (Phi) is 3.20. The van der Waals surface area contributed by atoms with E-state index < -0.39 is 0 Å². The Morgan fingerprint density at radius 3 is 2.89 bits per heavy atom. The molecule has 0 spiro atoms. The zero-order chi connectivity index (χ0) is 13.2. The van der Waals surface area contributed by atoms with Crippen molar-refractivity contribution in [1.82, 2.24) is 9.55 Å². The van der Waals surface area contributed by atoms with Crippen molar-refractivity contribution >= 4 is 6.29 Å². The molecule has 2 unspecified atom stereocenters. The lowest BCUT2D eigenvalue weighted by atomic mass is 9.95. The molecule has 2 aromatic rings. The highest BCUT2D eigenvalue weighted by atomic mass is 16.1. The molecule has 2 atom stereocenters. The van der Waals surface area contributed by atoms with Crippen LogP contribution >= 0.6 is 0 Å². The number of rotatable bonds is 4. The fourth-order valence-corrected chi connectivity index (χ4v) is 3.10. The average Bonchev–Trinajstić information content (AvgIpc) is 2.95. The van der Waals surface area contributed by atoms with Crippen LogP contribution in [0.3, 0.4) is 0 Å². The molecule has 3 nitrogen and oxygen atoms in total. The maximum atomic E-state index is 10.6. The molecule has 0 saturated carbocycles. The van der Waals surface area contributed by atoms with E-state index in [1.54, 1.807) is 0 Å². The van der Waals surface area contributed by atoms with Crippen LogP contribution in [-0.2, 0) is 17.6 Å². The smallest absolute Gasteiger partial charge is 0.120 e. The van der Waals surface area contributed by atoms with Crippen molar-refractivity contribution in [3.63, 3.8) is 0 Å². The molecule has 2 heterocycles. The van der Waals surface area contributed by atoms with Crippen LogP contribution in [0.1, 0.15) is 36.5 Å². The van der Waals surface area contributed by atoms with E-state index in [1.807, 2.05) is 12.3 Å². The number of carbonyl (C=O) groups excluding carboxylic acids is 1. The number of imidazole rings is 1. The molecule has 0 saturated heterocycles. The van der Waals surface area contributed by atoms with Gasteiger partial charge in [0.15, 0.2) is 0 Å². The third kappa shape index (κ3) is 2.09. The van der Waals surface area contributed by atoms with Crippen molar-refractivity contribution in [1.29, 1.82) is 0 Å². The van der Waals surface area contributed by atoms with Gasteiger partial charge in [0.2, 0.25) is 0 Å². The Balaban J connectivity index is 2.00. The summed E-state index contributed by atoms with van der Waals surface area (Å²) < 4.78 is 2.34. The minimum atomic E-state index is 0.361. The Labute approximate surface area is 113 Å². The zero-order valence-corrected chi connectivity index (χ0v) is 11.1. The van der Waals surface area contributed by atoms with E-state index in [9.17, 15) is 4.79 Å². The highest BCUT2D eigenvalue weighted by Gasteiger charge is 2.32. The molecule has 0 aliphatic carbocycles. The second-order valence-electron chi connectivity index (χ2n) is 5.28. The summed E-state index contributed by atoms with van der Waals surface area (Å²) in [7, 11) is 0. The van der Waals surface area contributed by atoms with Crippen molar-refractivity contribution in [3.05, 3.63) is 53.6 Å². The number of benzene rings is 1. The van der Waals surface area contributed by atoms with Gasteiger partial charge in [0.05, 0.1) is 6.04 Å². The van der Waals surface area contributed by atoms with E-state index >= 15 is 0 Å². The van der Waals surface area contributed by atoms with Crippen LogP contribution in [0.25, 0.3) is 0 Å². The molecule has 0 amide bonds. The minimum absolute atomic E-state index is 0.361. The first-order valence-corrected chi connectivity index (χ1v) is 6.85. The zero-order valence-electron chi connectivity index (χ0n) is 11.1. The molecule has 1 aliphatic heterocycles. The van der Waals surface area contributed by atoms with Crippen molar-refractivity contribution in [2.24, 2.45) is 5.92 Å². The molecule has 0 fully saturated rings. The second kappa shape index (κ2) is 5.00. The summed E-state index contributed by atoms with van der Waals surface area (Å²) in [6, 6.07) is 10.9. The predicted octanol–water partition coefficient (Wildman–Crippen LogP) is 2.80. The number of hydrogen-bond donors (Lipinski definition) is 0. The monoisotopic (exact) mass is 254 g/mol. The van der Waals surface area contributed by atoms with E-state index in [2.05, 4.69) is 40.7 Å². The van der Waals surface area contributed by atoms with E-state index in [4.69, 9.17) is 0 Å². The highest BCUT2D eigenvalue weighted by Crippen LogP contribution is 2.37. The average molecular weight is 254 g/mol. The first-order valence-electron chi connectivity index (χ1n) is 6.85. The van der Waals surface area contributed by atoms with E-state index in [1.165, 1.54) is 11.3 Å². The lowest BCUT2D eigenvalue weighted by Crippen LogP contribution is -2.14.